The lowest BCUT2D eigenvalue weighted by Crippen LogP contribution is -2.43. The van der Waals surface area contributed by atoms with Gasteiger partial charge < -0.3 is 4.90 Å². The van der Waals surface area contributed by atoms with Crippen molar-refractivity contribution in [3.63, 3.8) is 0 Å². The molecule has 14 heavy (non-hydrogen) atoms. The third-order valence-electron chi connectivity index (χ3n) is 2.53. The lowest BCUT2D eigenvalue weighted by atomic mass is 10.1. The molecule has 0 aromatic carbocycles. The number of aromatic nitrogens is 1. The molecule has 0 aliphatic rings. The second kappa shape index (κ2) is 4.18. The van der Waals surface area contributed by atoms with Crippen molar-refractivity contribution in [2.24, 2.45) is 0 Å². The van der Waals surface area contributed by atoms with Gasteiger partial charge in [-0.2, -0.15) is 0 Å². The summed E-state index contributed by atoms with van der Waals surface area (Å²) in [5, 5.41) is 0. The maximum atomic E-state index is 5.92. The maximum absolute atomic E-state index is 5.92. The summed E-state index contributed by atoms with van der Waals surface area (Å²) < 4.78 is 0. The fourth-order valence-corrected chi connectivity index (χ4v) is 1.38. The van der Waals surface area contributed by atoms with Crippen molar-refractivity contribution in [3.8, 4) is 0 Å². The van der Waals surface area contributed by atoms with E-state index in [1.54, 1.807) is 0 Å². The van der Waals surface area contributed by atoms with E-state index in [9.17, 15) is 0 Å². The molecule has 78 valence electrons. The van der Waals surface area contributed by atoms with Crippen LogP contribution in [0.1, 0.15) is 19.4 Å². The Morgan fingerprint density at radius 3 is 2.64 bits per heavy atom. The number of hydrogen-bond donors (Lipinski definition) is 0. The first kappa shape index (κ1) is 11.3. The van der Waals surface area contributed by atoms with E-state index in [0.29, 0.717) is 5.88 Å². The lowest BCUT2D eigenvalue weighted by molar-refractivity contribution is 0.539. The van der Waals surface area contributed by atoms with Crippen LogP contribution in [0.4, 0.5) is 5.82 Å². The molecule has 1 aromatic heterocycles. The van der Waals surface area contributed by atoms with Gasteiger partial charge in [0.15, 0.2) is 0 Å². The second-order valence-corrected chi connectivity index (χ2v) is 4.42. The highest BCUT2D eigenvalue weighted by Gasteiger charge is 2.24. The van der Waals surface area contributed by atoms with Gasteiger partial charge in [-0.25, -0.2) is 4.98 Å². The Morgan fingerprint density at radius 2 is 2.14 bits per heavy atom. The molecule has 3 heteroatoms. The quantitative estimate of drug-likeness (QED) is 0.717. The van der Waals surface area contributed by atoms with Crippen LogP contribution >= 0.6 is 11.6 Å². The minimum Gasteiger partial charge on any atom is -0.353 e. The first-order valence-corrected chi connectivity index (χ1v) is 5.24. The number of halogens is 1. The molecular weight excluding hydrogens is 196 g/mol. The van der Waals surface area contributed by atoms with Gasteiger partial charge in [0.1, 0.15) is 5.82 Å². The van der Waals surface area contributed by atoms with Crippen LogP contribution in [-0.2, 0) is 0 Å². The van der Waals surface area contributed by atoms with Gasteiger partial charge in [0.05, 0.1) is 0 Å². The summed E-state index contributed by atoms with van der Waals surface area (Å²) in [5.41, 5.74) is 1.11. The van der Waals surface area contributed by atoms with Gasteiger partial charge in [-0.15, -0.1) is 11.6 Å². The highest BCUT2D eigenvalue weighted by Crippen LogP contribution is 2.23. The Bertz CT molecular complexity index is 310. The Labute approximate surface area is 90.9 Å². The fraction of sp³-hybridized carbons (Fsp3) is 0.545. The van der Waals surface area contributed by atoms with Crippen LogP contribution in [0.25, 0.3) is 0 Å². The van der Waals surface area contributed by atoms with Gasteiger partial charge in [0.2, 0.25) is 0 Å². The number of nitrogens with zero attached hydrogens (tertiary/aromatic N) is 2. The van der Waals surface area contributed by atoms with Crippen LogP contribution in [0.15, 0.2) is 18.3 Å². The zero-order valence-corrected chi connectivity index (χ0v) is 9.97. The predicted octanol–water partition coefficient (Wildman–Crippen LogP) is 2.84. The average molecular weight is 213 g/mol. The Hall–Kier alpha value is -0.760. The fourth-order valence-electron chi connectivity index (χ4n) is 1.20. The molecule has 0 aliphatic heterocycles. The predicted molar refractivity (Wildman–Crippen MR) is 62.2 cm³/mol. The third kappa shape index (κ3) is 2.18. The Kier molecular flexibility index (Phi) is 3.38. The molecule has 1 rings (SSSR count). The highest BCUT2D eigenvalue weighted by molar-refractivity contribution is 6.18. The normalized spacial score (nSPS) is 11.5. The van der Waals surface area contributed by atoms with Crippen molar-refractivity contribution in [2.45, 2.75) is 26.3 Å². The number of hydrogen-bond acceptors (Lipinski definition) is 2. The monoisotopic (exact) mass is 212 g/mol. The molecule has 0 bridgehead atoms. The summed E-state index contributed by atoms with van der Waals surface area (Å²) in [6.45, 7) is 6.27. The molecule has 1 heterocycles. The van der Waals surface area contributed by atoms with Crippen molar-refractivity contribution in [1.29, 1.82) is 0 Å². The van der Waals surface area contributed by atoms with E-state index >= 15 is 0 Å². The van der Waals surface area contributed by atoms with E-state index in [1.807, 2.05) is 19.3 Å². The van der Waals surface area contributed by atoms with Crippen molar-refractivity contribution in [2.75, 3.05) is 17.8 Å². The molecule has 0 saturated heterocycles. The van der Waals surface area contributed by atoms with E-state index in [2.05, 4.69) is 36.7 Å². The minimum absolute atomic E-state index is 0.0688. The molecular formula is C11H17ClN2. The number of anilines is 1. The summed E-state index contributed by atoms with van der Waals surface area (Å²) in [6.07, 6.45) is 1.81. The van der Waals surface area contributed by atoms with Crippen LogP contribution in [-0.4, -0.2) is 23.5 Å². The molecule has 0 saturated carbocycles. The summed E-state index contributed by atoms with van der Waals surface area (Å²) in [7, 11) is 2.03. The molecule has 0 amide bonds. The van der Waals surface area contributed by atoms with E-state index in [0.717, 1.165) is 5.82 Å². The lowest BCUT2D eigenvalue weighted by Gasteiger charge is -2.35. The number of rotatable bonds is 3. The second-order valence-electron chi connectivity index (χ2n) is 4.15. The van der Waals surface area contributed by atoms with Gasteiger partial charge in [-0.3, -0.25) is 0 Å². The van der Waals surface area contributed by atoms with Crippen LogP contribution in [0, 0.1) is 6.92 Å². The molecule has 0 spiro atoms. The largest absolute Gasteiger partial charge is 0.353 e. The van der Waals surface area contributed by atoms with E-state index in [1.165, 1.54) is 5.56 Å². The van der Waals surface area contributed by atoms with Crippen LogP contribution < -0.4 is 4.90 Å². The molecule has 2 nitrogen and oxygen atoms in total. The highest BCUT2D eigenvalue weighted by atomic mass is 35.5. The zero-order chi connectivity index (χ0) is 10.8. The van der Waals surface area contributed by atoms with Crippen LogP contribution in [0.3, 0.4) is 0 Å². The van der Waals surface area contributed by atoms with Crippen LogP contribution in [0.2, 0.25) is 0 Å². The topological polar surface area (TPSA) is 16.1 Å². The first-order chi connectivity index (χ1) is 6.49. The number of aryl methyl sites for hydroxylation is 1. The van der Waals surface area contributed by atoms with Crippen molar-refractivity contribution < 1.29 is 0 Å². The van der Waals surface area contributed by atoms with E-state index < -0.39 is 0 Å². The van der Waals surface area contributed by atoms with Gasteiger partial charge in [-0.1, -0.05) is 6.07 Å². The summed E-state index contributed by atoms with van der Waals surface area (Å²) in [4.78, 5) is 6.48. The molecule has 0 radical (unpaired) electrons. The molecule has 0 aliphatic carbocycles. The number of pyridine rings is 1. The summed E-state index contributed by atoms with van der Waals surface area (Å²) in [6, 6.07) is 4.00. The number of alkyl halides is 1. The Balaban J connectivity index is 3.00. The van der Waals surface area contributed by atoms with E-state index in [4.69, 9.17) is 11.6 Å². The third-order valence-corrected chi connectivity index (χ3v) is 3.19. The first-order valence-electron chi connectivity index (χ1n) is 4.70. The smallest absolute Gasteiger partial charge is 0.131 e. The summed E-state index contributed by atoms with van der Waals surface area (Å²) in [5.74, 6) is 1.58. The molecule has 0 fully saturated rings. The maximum Gasteiger partial charge on any atom is 0.131 e. The van der Waals surface area contributed by atoms with Crippen molar-refractivity contribution >= 4 is 17.4 Å². The van der Waals surface area contributed by atoms with Gasteiger partial charge in [0, 0.05) is 24.7 Å². The Morgan fingerprint density at radius 1 is 1.50 bits per heavy atom. The molecule has 0 N–H and O–H groups in total. The van der Waals surface area contributed by atoms with Gasteiger partial charge >= 0.3 is 0 Å². The zero-order valence-electron chi connectivity index (χ0n) is 9.21. The molecule has 0 unspecified atom stereocenters. The molecule has 1 aromatic rings. The van der Waals surface area contributed by atoms with Gasteiger partial charge in [0.25, 0.3) is 0 Å². The van der Waals surface area contributed by atoms with Gasteiger partial charge in [-0.05, 0) is 32.4 Å². The van der Waals surface area contributed by atoms with Crippen LogP contribution in [0.5, 0.6) is 0 Å². The van der Waals surface area contributed by atoms with Crippen molar-refractivity contribution in [1.82, 2.24) is 4.98 Å². The van der Waals surface area contributed by atoms with Crippen molar-refractivity contribution in [3.05, 3.63) is 23.9 Å². The molecule has 0 atom stereocenters. The standard InChI is InChI=1S/C11H17ClN2/c1-9-6-5-7-13-10(9)14(4)11(2,3)8-12/h5-7H,8H2,1-4H3. The van der Waals surface area contributed by atoms with E-state index in [-0.39, 0.29) is 5.54 Å². The average Bonchev–Trinajstić information content (AvgIpc) is 2.17. The SMILES string of the molecule is Cc1cccnc1N(C)C(C)(C)CCl. The minimum atomic E-state index is -0.0688. The summed E-state index contributed by atoms with van der Waals surface area (Å²) >= 11 is 5.92.